The van der Waals surface area contributed by atoms with E-state index in [4.69, 9.17) is 9.47 Å². The predicted molar refractivity (Wildman–Crippen MR) is 108 cm³/mol. The van der Waals surface area contributed by atoms with Crippen molar-refractivity contribution in [1.29, 1.82) is 5.26 Å². The van der Waals surface area contributed by atoms with Crippen molar-refractivity contribution >= 4 is 5.91 Å². The highest BCUT2D eigenvalue weighted by Gasteiger charge is 2.31. The van der Waals surface area contributed by atoms with Crippen LogP contribution in [0.25, 0.3) is 0 Å². The van der Waals surface area contributed by atoms with Gasteiger partial charge in [-0.05, 0) is 37.6 Å². The fourth-order valence-electron chi connectivity index (χ4n) is 3.18. The molecule has 2 aromatic rings. The fraction of sp³-hybridized carbons (Fsp3) is 0.409. The Kier molecular flexibility index (Phi) is 6.68. The van der Waals surface area contributed by atoms with Crippen LogP contribution in [0.3, 0.4) is 0 Å². The monoisotopic (exact) mass is 394 g/mol. The van der Waals surface area contributed by atoms with Gasteiger partial charge in [-0.3, -0.25) is 14.7 Å². The third-order valence-corrected chi connectivity index (χ3v) is 4.70. The predicted octanol–water partition coefficient (Wildman–Crippen LogP) is 2.50. The summed E-state index contributed by atoms with van der Waals surface area (Å²) in [7, 11) is 1.67. The maximum Gasteiger partial charge on any atom is 0.225 e. The first-order valence-electron chi connectivity index (χ1n) is 9.70. The van der Waals surface area contributed by atoms with E-state index in [1.54, 1.807) is 19.3 Å². The van der Waals surface area contributed by atoms with E-state index in [9.17, 15) is 10.1 Å². The van der Waals surface area contributed by atoms with Crippen molar-refractivity contribution in [2.75, 3.05) is 20.1 Å². The average molecular weight is 394 g/mol. The first-order chi connectivity index (χ1) is 14.0. The maximum atomic E-state index is 11.5. The fourth-order valence-corrected chi connectivity index (χ4v) is 3.18. The second kappa shape index (κ2) is 9.39. The standard InChI is InChI=1S/C22H26N4O3/c1-15(2)29-21-10-25-19(8-17(21)9-23)14-28-20-6-4-16(5-7-20)11-26-12-18(13-26)22(27)24-3/h4-8,10,15,18H,11-14H2,1-3H3,(H,24,27). The first-order valence-corrected chi connectivity index (χ1v) is 9.70. The molecule has 7 heteroatoms. The normalized spacial score (nSPS) is 14.2. The van der Waals surface area contributed by atoms with Gasteiger partial charge in [0.1, 0.15) is 18.4 Å². The number of likely N-dealkylation sites (tertiary alicyclic amines) is 1. The minimum Gasteiger partial charge on any atom is -0.488 e. The molecule has 0 radical (unpaired) electrons. The third kappa shape index (κ3) is 5.46. The van der Waals surface area contributed by atoms with Crippen LogP contribution in [0.2, 0.25) is 0 Å². The SMILES string of the molecule is CNC(=O)C1CN(Cc2ccc(OCc3cc(C#N)c(OC(C)C)cn3)cc2)C1. The molecule has 1 fully saturated rings. The summed E-state index contributed by atoms with van der Waals surface area (Å²) in [5.41, 5.74) is 2.29. The number of ether oxygens (including phenoxy) is 2. The quantitative estimate of drug-likeness (QED) is 0.740. The second-order valence-electron chi connectivity index (χ2n) is 7.39. The van der Waals surface area contributed by atoms with Crippen molar-refractivity contribution in [2.24, 2.45) is 5.92 Å². The molecule has 0 atom stereocenters. The zero-order valence-corrected chi connectivity index (χ0v) is 17.0. The lowest BCUT2D eigenvalue weighted by Crippen LogP contribution is -2.52. The molecule has 1 amide bonds. The van der Waals surface area contributed by atoms with Gasteiger partial charge in [0, 0.05) is 26.7 Å². The maximum absolute atomic E-state index is 11.5. The third-order valence-electron chi connectivity index (χ3n) is 4.70. The number of amides is 1. The van der Waals surface area contributed by atoms with E-state index in [0.717, 1.165) is 25.4 Å². The molecule has 1 N–H and O–H groups in total. The van der Waals surface area contributed by atoms with Crippen LogP contribution in [0.1, 0.15) is 30.7 Å². The van der Waals surface area contributed by atoms with Gasteiger partial charge in [0.05, 0.1) is 29.5 Å². The van der Waals surface area contributed by atoms with Gasteiger partial charge in [-0.2, -0.15) is 5.26 Å². The molecule has 1 aromatic heterocycles. The molecule has 0 aliphatic carbocycles. The van der Waals surface area contributed by atoms with Crippen molar-refractivity contribution in [2.45, 2.75) is 33.1 Å². The van der Waals surface area contributed by atoms with Crippen molar-refractivity contribution in [3.63, 3.8) is 0 Å². The summed E-state index contributed by atoms with van der Waals surface area (Å²) >= 11 is 0. The number of carbonyl (C=O) groups is 1. The minimum absolute atomic E-state index is 0.0181. The van der Waals surface area contributed by atoms with E-state index in [0.29, 0.717) is 17.0 Å². The molecule has 29 heavy (non-hydrogen) atoms. The summed E-state index contributed by atoms with van der Waals surface area (Å²) in [5, 5.41) is 12.0. The van der Waals surface area contributed by atoms with E-state index in [-0.39, 0.29) is 24.5 Å². The largest absolute Gasteiger partial charge is 0.488 e. The Morgan fingerprint density at radius 3 is 2.69 bits per heavy atom. The van der Waals surface area contributed by atoms with E-state index in [2.05, 4.69) is 21.3 Å². The molecule has 0 saturated carbocycles. The number of rotatable bonds is 8. The van der Waals surface area contributed by atoms with Crippen LogP contribution in [0.5, 0.6) is 11.5 Å². The molecular weight excluding hydrogens is 368 g/mol. The highest BCUT2D eigenvalue weighted by molar-refractivity contribution is 5.79. The van der Waals surface area contributed by atoms with Crippen LogP contribution in [-0.4, -0.2) is 42.0 Å². The lowest BCUT2D eigenvalue weighted by atomic mass is 9.98. The number of benzene rings is 1. The second-order valence-corrected chi connectivity index (χ2v) is 7.39. The Bertz CT molecular complexity index is 884. The molecule has 0 unspecified atom stereocenters. The van der Waals surface area contributed by atoms with Crippen molar-refractivity contribution in [3.8, 4) is 17.6 Å². The highest BCUT2D eigenvalue weighted by atomic mass is 16.5. The molecule has 0 bridgehead atoms. The van der Waals surface area contributed by atoms with E-state index < -0.39 is 0 Å². The number of hydrogen-bond acceptors (Lipinski definition) is 6. The van der Waals surface area contributed by atoms with Crippen LogP contribution in [0.4, 0.5) is 0 Å². The van der Waals surface area contributed by atoms with Crippen molar-refractivity contribution < 1.29 is 14.3 Å². The van der Waals surface area contributed by atoms with Gasteiger partial charge in [-0.1, -0.05) is 12.1 Å². The molecule has 1 aromatic carbocycles. The number of hydrogen-bond donors (Lipinski definition) is 1. The summed E-state index contributed by atoms with van der Waals surface area (Å²) in [6.45, 7) is 6.49. The van der Waals surface area contributed by atoms with E-state index in [1.807, 2.05) is 38.1 Å². The highest BCUT2D eigenvalue weighted by Crippen LogP contribution is 2.22. The molecule has 3 rings (SSSR count). The van der Waals surface area contributed by atoms with Gasteiger partial charge in [0.15, 0.2) is 5.75 Å². The molecule has 1 aliphatic heterocycles. The van der Waals surface area contributed by atoms with Gasteiger partial charge < -0.3 is 14.8 Å². The Morgan fingerprint density at radius 2 is 2.07 bits per heavy atom. The summed E-state index contributed by atoms with van der Waals surface area (Å²) in [5.74, 6) is 1.44. The van der Waals surface area contributed by atoms with Crippen LogP contribution in [-0.2, 0) is 17.9 Å². The van der Waals surface area contributed by atoms with Gasteiger partial charge >= 0.3 is 0 Å². The Morgan fingerprint density at radius 1 is 1.34 bits per heavy atom. The Hall–Kier alpha value is -3.11. The average Bonchev–Trinajstić information content (AvgIpc) is 2.69. The number of nitrogens with one attached hydrogen (secondary N) is 1. The number of pyridine rings is 1. The van der Waals surface area contributed by atoms with Crippen LogP contribution >= 0.6 is 0 Å². The van der Waals surface area contributed by atoms with Gasteiger partial charge in [0.25, 0.3) is 0 Å². The van der Waals surface area contributed by atoms with Crippen LogP contribution in [0, 0.1) is 17.2 Å². The van der Waals surface area contributed by atoms with Crippen molar-refractivity contribution in [3.05, 3.63) is 53.3 Å². The zero-order chi connectivity index (χ0) is 20.8. The van der Waals surface area contributed by atoms with Gasteiger partial charge in [-0.25, -0.2) is 0 Å². The number of nitriles is 1. The number of aromatic nitrogens is 1. The smallest absolute Gasteiger partial charge is 0.225 e. The molecule has 0 spiro atoms. The lowest BCUT2D eigenvalue weighted by molar-refractivity contribution is -0.129. The van der Waals surface area contributed by atoms with Gasteiger partial charge in [0.2, 0.25) is 5.91 Å². The topological polar surface area (TPSA) is 87.5 Å². The van der Waals surface area contributed by atoms with E-state index in [1.165, 1.54) is 5.56 Å². The molecule has 2 heterocycles. The Balaban J connectivity index is 1.50. The van der Waals surface area contributed by atoms with Crippen LogP contribution < -0.4 is 14.8 Å². The van der Waals surface area contributed by atoms with E-state index >= 15 is 0 Å². The summed E-state index contributed by atoms with van der Waals surface area (Å²) in [6.07, 6.45) is 1.55. The summed E-state index contributed by atoms with van der Waals surface area (Å²) in [4.78, 5) is 18.1. The molecular formula is C22H26N4O3. The first kappa shape index (κ1) is 20.6. The Labute approximate surface area is 171 Å². The lowest BCUT2D eigenvalue weighted by Gasteiger charge is -2.38. The summed E-state index contributed by atoms with van der Waals surface area (Å²) < 4.78 is 11.4. The van der Waals surface area contributed by atoms with Crippen LogP contribution in [0.15, 0.2) is 36.5 Å². The summed E-state index contributed by atoms with van der Waals surface area (Å²) in [6, 6.07) is 11.7. The molecule has 152 valence electrons. The van der Waals surface area contributed by atoms with Crippen molar-refractivity contribution in [1.82, 2.24) is 15.2 Å². The molecule has 7 nitrogen and oxygen atoms in total. The molecule has 1 aliphatic rings. The molecule has 1 saturated heterocycles. The van der Waals surface area contributed by atoms with Gasteiger partial charge in [-0.15, -0.1) is 0 Å². The number of nitrogens with zero attached hydrogens (tertiary/aromatic N) is 3. The number of carbonyl (C=O) groups excluding carboxylic acids is 1. The zero-order valence-electron chi connectivity index (χ0n) is 17.0. The minimum atomic E-state index is -0.0181.